The molecule has 110 valence electrons. The lowest BCUT2D eigenvalue weighted by atomic mass is 9.95. The quantitative estimate of drug-likeness (QED) is 0.857. The molecular weight excluding hydrogens is 260 g/mol. The lowest BCUT2D eigenvalue weighted by Crippen LogP contribution is -2.34. The lowest BCUT2D eigenvalue weighted by molar-refractivity contribution is -0.146. The number of nitrogens with zero attached hydrogens (tertiary/aromatic N) is 1. The van der Waals surface area contributed by atoms with Crippen molar-refractivity contribution in [1.29, 1.82) is 0 Å². The van der Waals surface area contributed by atoms with E-state index in [1.807, 2.05) is 6.92 Å². The maximum atomic E-state index is 12.2. The first-order valence-electron chi connectivity index (χ1n) is 6.94. The van der Waals surface area contributed by atoms with Gasteiger partial charge in [0.05, 0.1) is 24.1 Å². The molecule has 0 saturated heterocycles. The molecule has 6 heteroatoms. The topological polar surface area (TPSA) is 92.4 Å². The van der Waals surface area contributed by atoms with Crippen molar-refractivity contribution >= 4 is 11.9 Å². The number of carboxylic acids is 1. The van der Waals surface area contributed by atoms with Crippen LogP contribution in [-0.2, 0) is 16.1 Å². The van der Waals surface area contributed by atoms with E-state index >= 15 is 0 Å². The van der Waals surface area contributed by atoms with Gasteiger partial charge in [0.2, 0.25) is 5.91 Å². The number of hydrogen-bond acceptors (Lipinski definition) is 4. The smallest absolute Gasteiger partial charge is 0.307 e. The average molecular weight is 280 g/mol. The zero-order valence-corrected chi connectivity index (χ0v) is 11.8. The number of carboxylic acid groups (broad SMARTS) is 1. The second-order valence-corrected chi connectivity index (χ2v) is 5.45. The molecule has 0 aromatic carbocycles. The molecule has 1 aliphatic carbocycles. The van der Waals surface area contributed by atoms with E-state index in [0.717, 1.165) is 12.1 Å². The Morgan fingerprint density at radius 1 is 1.45 bits per heavy atom. The summed E-state index contributed by atoms with van der Waals surface area (Å²) in [4.78, 5) is 23.4. The molecule has 0 radical (unpaired) electrons. The van der Waals surface area contributed by atoms with Gasteiger partial charge in [0.15, 0.2) is 5.76 Å². The molecule has 1 saturated carbocycles. The lowest BCUT2D eigenvalue weighted by Gasteiger charge is -2.14. The van der Waals surface area contributed by atoms with Gasteiger partial charge in [-0.2, -0.15) is 0 Å². The van der Waals surface area contributed by atoms with Crippen molar-refractivity contribution in [2.45, 2.75) is 39.7 Å². The Morgan fingerprint density at radius 2 is 2.15 bits per heavy atom. The number of aromatic nitrogens is 1. The zero-order chi connectivity index (χ0) is 14.7. The maximum absolute atomic E-state index is 12.2. The number of hydrogen-bond donors (Lipinski definition) is 2. The largest absolute Gasteiger partial charge is 0.481 e. The van der Waals surface area contributed by atoms with Crippen LogP contribution in [0.5, 0.6) is 0 Å². The predicted octanol–water partition coefficient (Wildman–Crippen LogP) is 1.74. The van der Waals surface area contributed by atoms with E-state index < -0.39 is 17.8 Å². The van der Waals surface area contributed by atoms with Crippen LogP contribution < -0.4 is 5.32 Å². The molecule has 1 aromatic rings. The molecule has 6 nitrogen and oxygen atoms in total. The summed E-state index contributed by atoms with van der Waals surface area (Å²) in [5, 5.41) is 15.7. The monoisotopic (exact) mass is 280 g/mol. The molecule has 1 amide bonds. The summed E-state index contributed by atoms with van der Waals surface area (Å²) in [5.41, 5.74) is 0.754. The van der Waals surface area contributed by atoms with E-state index in [1.54, 1.807) is 13.0 Å². The van der Waals surface area contributed by atoms with Crippen LogP contribution in [0.4, 0.5) is 0 Å². The van der Waals surface area contributed by atoms with Crippen LogP contribution >= 0.6 is 0 Å². The first-order valence-corrected chi connectivity index (χ1v) is 6.94. The Labute approximate surface area is 117 Å². The molecule has 0 bridgehead atoms. The third-order valence-corrected chi connectivity index (χ3v) is 4.01. The molecule has 2 rings (SSSR count). The standard InChI is InChI=1S/C14H20N2O4/c1-3-9-5-11(12(6-9)14(18)19)13(17)15-7-10-4-8(2)16-20-10/h4,9,11-12H,3,5-7H2,1-2H3,(H,15,17)(H,18,19). The van der Waals surface area contributed by atoms with Crippen LogP contribution in [-0.4, -0.2) is 22.1 Å². The Kier molecular flexibility index (Phi) is 4.42. The molecule has 1 heterocycles. The number of amides is 1. The van der Waals surface area contributed by atoms with Gasteiger partial charge in [-0.05, 0) is 25.7 Å². The van der Waals surface area contributed by atoms with Crippen molar-refractivity contribution in [1.82, 2.24) is 10.5 Å². The van der Waals surface area contributed by atoms with Crippen molar-refractivity contribution in [2.75, 3.05) is 0 Å². The van der Waals surface area contributed by atoms with Crippen LogP contribution in [0.15, 0.2) is 10.6 Å². The first-order chi connectivity index (χ1) is 9.51. The maximum Gasteiger partial charge on any atom is 0.307 e. The second-order valence-electron chi connectivity index (χ2n) is 5.45. The molecule has 1 fully saturated rings. The Hall–Kier alpha value is -1.85. The molecule has 3 unspecified atom stereocenters. The van der Waals surface area contributed by atoms with Gasteiger partial charge in [-0.1, -0.05) is 18.5 Å². The third kappa shape index (κ3) is 3.18. The molecule has 0 aliphatic heterocycles. The highest BCUT2D eigenvalue weighted by Crippen LogP contribution is 2.38. The summed E-state index contributed by atoms with van der Waals surface area (Å²) in [6.45, 7) is 4.08. The third-order valence-electron chi connectivity index (χ3n) is 4.01. The van der Waals surface area contributed by atoms with E-state index in [-0.39, 0.29) is 12.5 Å². The molecule has 0 spiro atoms. The highest BCUT2D eigenvalue weighted by atomic mass is 16.5. The molecule has 20 heavy (non-hydrogen) atoms. The van der Waals surface area contributed by atoms with Gasteiger partial charge in [0, 0.05) is 6.07 Å². The number of rotatable bonds is 5. The van der Waals surface area contributed by atoms with Crippen molar-refractivity contribution < 1.29 is 19.2 Å². The molecule has 1 aliphatic rings. The number of carbonyl (C=O) groups excluding carboxylic acids is 1. The second kappa shape index (κ2) is 6.07. The molecular formula is C14H20N2O4. The average Bonchev–Trinajstić information content (AvgIpc) is 3.02. The zero-order valence-electron chi connectivity index (χ0n) is 11.8. The van der Waals surface area contributed by atoms with E-state index in [2.05, 4.69) is 10.5 Å². The summed E-state index contributed by atoms with van der Waals surface area (Å²) in [6, 6.07) is 1.75. The van der Waals surface area contributed by atoms with E-state index in [4.69, 9.17) is 4.52 Å². The van der Waals surface area contributed by atoms with Gasteiger partial charge >= 0.3 is 5.97 Å². The van der Waals surface area contributed by atoms with Crippen LogP contribution in [0.3, 0.4) is 0 Å². The summed E-state index contributed by atoms with van der Waals surface area (Å²) < 4.78 is 5.01. The van der Waals surface area contributed by atoms with Crippen LogP contribution in [0.2, 0.25) is 0 Å². The normalized spacial score (nSPS) is 25.6. The van der Waals surface area contributed by atoms with E-state index in [1.165, 1.54) is 0 Å². The molecule has 1 aromatic heterocycles. The summed E-state index contributed by atoms with van der Waals surface area (Å²) in [6.07, 6.45) is 2.15. The summed E-state index contributed by atoms with van der Waals surface area (Å²) in [7, 11) is 0. The fraction of sp³-hybridized carbons (Fsp3) is 0.643. The fourth-order valence-corrected chi connectivity index (χ4v) is 2.84. The van der Waals surface area contributed by atoms with Gasteiger partial charge in [-0.25, -0.2) is 0 Å². The molecule has 2 N–H and O–H groups in total. The minimum Gasteiger partial charge on any atom is -0.481 e. The Bertz CT molecular complexity index is 497. The van der Waals surface area contributed by atoms with Crippen molar-refractivity contribution in [2.24, 2.45) is 17.8 Å². The van der Waals surface area contributed by atoms with Crippen LogP contribution in [0, 0.1) is 24.7 Å². The van der Waals surface area contributed by atoms with Crippen molar-refractivity contribution in [3.63, 3.8) is 0 Å². The number of aryl methyl sites for hydroxylation is 1. The first kappa shape index (κ1) is 14.6. The van der Waals surface area contributed by atoms with Gasteiger partial charge in [-0.3, -0.25) is 9.59 Å². The minimum absolute atomic E-state index is 0.206. The Morgan fingerprint density at radius 3 is 2.70 bits per heavy atom. The minimum atomic E-state index is -0.878. The van der Waals surface area contributed by atoms with Crippen molar-refractivity contribution in [3.05, 3.63) is 17.5 Å². The number of aliphatic carboxylic acids is 1. The molecule has 3 atom stereocenters. The van der Waals surface area contributed by atoms with Gasteiger partial charge in [0.1, 0.15) is 0 Å². The van der Waals surface area contributed by atoms with E-state index in [0.29, 0.717) is 24.5 Å². The SMILES string of the molecule is CCC1CC(C(=O)O)C(C(=O)NCc2cc(C)no2)C1. The summed E-state index contributed by atoms with van der Waals surface area (Å²) >= 11 is 0. The van der Waals surface area contributed by atoms with Gasteiger partial charge < -0.3 is 14.9 Å². The van der Waals surface area contributed by atoms with Crippen molar-refractivity contribution in [3.8, 4) is 0 Å². The van der Waals surface area contributed by atoms with E-state index in [9.17, 15) is 14.7 Å². The highest BCUT2D eigenvalue weighted by molar-refractivity contribution is 5.85. The number of carbonyl (C=O) groups is 2. The van der Waals surface area contributed by atoms with Crippen LogP contribution in [0.25, 0.3) is 0 Å². The Balaban J connectivity index is 1.95. The van der Waals surface area contributed by atoms with Crippen LogP contribution in [0.1, 0.15) is 37.6 Å². The van der Waals surface area contributed by atoms with Gasteiger partial charge in [0.25, 0.3) is 0 Å². The number of nitrogens with one attached hydrogen (secondary N) is 1. The highest BCUT2D eigenvalue weighted by Gasteiger charge is 2.41. The summed E-state index contributed by atoms with van der Waals surface area (Å²) in [5.74, 6) is -1.20. The van der Waals surface area contributed by atoms with Gasteiger partial charge in [-0.15, -0.1) is 0 Å². The predicted molar refractivity (Wildman–Crippen MR) is 70.7 cm³/mol. The fourth-order valence-electron chi connectivity index (χ4n) is 2.84.